The van der Waals surface area contributed by atoms with Crippen molar-refractivity contribution in [3.05, 3.63) is 59.9 Å². The smallest absolute Gasteiger partial charge is 0.297 e. The number of nitrogens with one attached hydrogen (secondary N) is 1. The maximum absolute atomic E-state index is 13.5. The summed E-state index contributed by atoms with van der Waals surface area (Å²) in [7, 11) is 0. The van der Waals surface area contributed by atoms with E-state index in [0.29, 0.717) is 25.1 Å². The molecule has 0 radical (unpaired) electrons. The van der Waals surface area contributed by atoms with Gasteiger partial charge in [0.1, 0.15) is 5.82 Å². The van der Waals surface area contributed by atoms with E-state index in [-0.39, 0.29) is 5.82 Å². The molecule has 0 amide bonds. The molecule has 4 rings (SSSR count). The van der Waals surface area contributed by atoms with Crippen LogP contribution in [-0.4, -0.2) is 29.2 Å². The lowest BCUT2D eigenvalue weighted by molar-refractivity contribution is 0.200. The van der Waals surface area contributed by atoms with Crippen LogP contribution >= 0.6 is 0 Å². The van der Waals surface area contributed by atoms with Crippen molar-refractivity contribution in [2.45, 2.75) is 19.4 Å². The second kappa shape index (κ2) is 7.23. The average molecular weight is 339 g/mol. The first-order valence-electron chi connectivity index (χ1n) is 8.83. The largest absolute Gasteiger partial charge is 0.464 e. The number of fused-ring (bicyclic) bond motifs is 1. The third-order valence-electron chi connectivity index (χ3n) is 4.70. The highest BCUT2D eigenvalue weighted by Crippen LogP contribution is 2.24. The maximum Gasteiger partial charge on any atom is 0.297 e. The van der Waals surface area contributed by atoms with Crippen LogP contribution in [0.5, 0.6) is 6.01 Å². The van der Waals surface area contributed by atoms with Gasteiger partial charge >= 0.3 is 0 Å². The van der Waals surface area contributed by atoms with E-state index in [1.165, 1.54) is 18.9 Å². The second-order valence-electron chi connectivity index (χ2n) is 6.62. The molecule has 0 aliphatic carbocycles. The maximum atomic E-state index is 13.5. The number of hydrogen-bond acceptors (Lipinski definition) is 3. The lowest BCUT2D eigenvalue weighted by atomic mass is 10.0. The second-order valence-corrected chi connectivity index (χ2v) is 6.62. The summed E-state index contributed by atoms with van der Waals surface area (Å²) in [6.07, 6.45) is 2.37. The third-order valence-corrected chi connectivity index (χ3v) is 4.70. The van der Waals surface area contributed by atoms with Gasteiger partial charge in [0.15, 0.2) is 0 Å². The van der Waals surface area contributed by atoms with Crippen molar-refractivity contribution in [3.63, 3.8) is 0 Å². The van der Waals surface area contributed by atoms with Crippen LogP contribution in [0.4, 0.5) is 4.39 Å². The van der Waals surface area contributed by atoms with Crippen LogP contribution in [-0.2, 0) is 6.54 Å². The van der Waals surface area contributed by atoms with Crippen molar-refractivity contribution in [2.75, 3.05) is 19.7 Å². The first-order valence-corrected chi connectivity index (χ1v) is 8.83. The van der Waals surface area contributed by atoms with Crippen molar-refractivity contribution < 1.29 is 9.13 Å². The Labute approximate surface area is 146 Å². The zero-order valence-electron chi connectivity index (χ0n) is 14.1. The fraction of sp³-hybridized carbons (Fsp3) is 0.350. The van der Waals surface area contributed by atoms with Gasteiger partial charge in [0.25, 0.3) is 6.01 Å². The SMILES string of the molecule is Fc1cccc(Cn2c(OCC3CCCNC3)nc3ccccc32)c1. The van der Waals surface area contributed by atoms with Crippen molar-refractivity contribution in [2.24, 2.45) is 5.92 Å². The van der Waals surface area contributed by atoms with Crippen molar-refractivity contribution >= 4 is 11.0 Å². The van der Waals surface area contributed by atoms with E-state index < -0.39 is 0 Å². The molecule has 1 atom stereocenters. The molecule has 5 heteroatoms. The lowest BCUT2D eigenvalue weighted by Crippen LogP contribution is -2.33. The number of aromatic nitrogens is 2. The van der Waals surface area contributed by atoms with E-state index in [4.69, 9.17) is 4.74 Å². The van der Waals surface area contributed by atoms with Gasteiger partial charge in [-0.1, -0.05) is 24.3 Å². The zero-order chi connectivity index (χ0) is 17.1. The van der Waals surface area contributed by atoms with Crippen LogP contribution in [0.15, 0.2) is 48.5 Å². The summed E-state index contributed by atoms with van der Waals surface area (Å²) >= 11 is 0. The highest BCUT2D eigenvalue weighted by atomic mass is 19.1. The molecular formula is C20H22FN3O. The molecule has 130 valence electrons. The Kier molecular flexibility index (Phi) is 4.65. The number of rotatable bonds is 5. The molecule has 1 saturated heterocycles. The Balaban J connectivity index is 1.61. The van der Waals surface area contributed by atoms with Gasteiger partial charge in [0.2, 0.25) is 0 Å². The van der Waals surface area contributed by atoms with Gasteiger partial charge in [-0.3, -0.25) is 4.57 Å². The van der Waals surface area contributed by atoms with Gasteiger partial charge in [-0.15, -0.1) is 0 Å². The van der Waals surface area contributed by atoms with Gasteiger partial charge in [-0.05, 0) is 49.2 Å². The van der Waals surface area contributed by atoms with Crippen molar-refractivity contribution in [1.29, 1.82) is 0 Å². The molecule has 0 spiro atoms. The number of para-hydroxylation sites is 2. The highest BCUT2D eigenvalue weighted by Gasteiger charge is 2.17. The lowest BCUT2D eigenvalue weighted by Gasteiger charge is -2.22. The summed E-state index contributed by atoms with van der Waals surface area (Å²) in [4.78, 5) is 4.64. The summed E-state index contributed by atoms with van der Waals surface area (Å²) < 4.78 is 21.6. The van der Waals surface area contributed by atoms with E-state index in [2.05, 4.69) is 10.3 Å². The minimum Gasteiger partial charge on any atom is -0.464 e. The number of hydrogen-bond donors (Lipinski definition) is 1. The van der Waals surface area contributed by atoms with E-state index in [1.54, 1.807) is 12.1 Å². The monoisotopic (exact) mass is 339 g/mol. The summed E-state index contributed by atoms with van der Waals surface area (Å²) in [5.41, 5.74) is 2.80. The predicted octanol–water partition coefficient (Wildman–Crippen LogP) is 3.60. The number of nitrogens with zero attached hydrogens (tertiary/aromatic N) is 2. The topological polar surface area (TPSA) is 39.1 Å². The molecule has 1 aliphatic rings. The third kappa shape index (κ3) is 3.66. The number of imidazole rings is 1. The molecule has 0 bridgehead atoms. The van der Waals surface area contributed by atoms with Crippen LogP contribution in [0.25, 0.3) is 11.0 Å². The molecular weight excluding hydrogens is 317 g/mol. The van der Waals surface area contributed by atoms with E-state index >= 15 is 0 Å². The van der Waals surface area contributed by atoms with Crippen LogP contribution < -0.4 is 10.1 Å². The molecule has 3 aromatic rings. The van der Waals surface area contributed by atoms with Crippen molar-refractivity contribution in [3.8, 4) is 6.01 Å². The Hall–Kier alpha value is -2.40. The summed E-state index contributed by atoms with van der Waals surface area (Å²) in [5, 5.41) is 3.41. The minimum atomic E-state index is -0.224. The predicted molar refractivity (Wildman–Crippen MR) is 96.3 cm³/mol. The molecule has 25 heavy (non-hydrogen) atoms. The molecule has 1 fully saturated rings. The van der Waals surface area contributed by atoms with Crippen LogP contribution in [0.1, 0.15) is 18.4 Å². The van der Waals surface area contributed by atoms with E-state index in [0.717, 1.165) is 29.7 Å². The highest BCUT2D eigenvalue weighted by molar-refractivity contribution is 5.76. The molecule has 1 N–H and O–H groups in total. The summed E-state index contributed by atoms with van der Waals surface area (Å²) in [5.74, 6) is 0.286. The fourth-order valence-corrected chi connectivity index (χ4v) is 3.39. The Morgan fingerprint density at radius 3 is 2.96 bits per heavy atom. The van der Waals surface area contributed by atoms with Gasteiger partial charge in [0.05, 0.1) is 24.2 Å². The number of halogens is 1. The van der Waals surface area contributed by atoms with E-state index in [1.807, 2.05) is 34.9 Å². The minimum absolute atomic E-state index is 0.224. The summed E-state index contributed by atoms with van der Waals surface area (Å²) in [6.45, 7) is 3.27. The molecule has 4 nitrogen and oxygen atoms in total. The molecule has 1 aromatic heterocycles. The Morgan fingerprint density at radius 2 is 2.12 bits per heavy atom. The normalized spacial score (nSPS) is 17.7. The zero-order valence-corrected chi connectivity index (χ0v) is 14.1. The average Bonchev–Trinajstić information content (AvgIpc) is 2.99. The van der Waals surface area contributed by atoms with E-state index in [9.17, 15) is 4.39 Å². The summed E-state index contributed by atoms with van der Waals surface area (Å²) in [6, 6.07) is 15.2. The fourth-order valence-electron chi connectivity index (χ4n) is 3.39. The van der Waals surface area contributed by atoms with Gasteiger partial charge in [0, 0.05) is 12.5 Å². The number of benzene rings is 2. The number of piperidine rings is 1. The van der Waals surface area contributed by atoms with Gasteiger partial charge in [-0.25, -0.2) is 4.39 Å². The van der Waals surface area contributed by atoms with Crippen molar-refractivity contribution in [1.82, 2.24) is 14.9 Å². The van der Waals surface area contributed by atoms with Crippen LogP contribution in [0, 0.1) is 11.7 Å². The van der Waals surface area contributed by atoms with Gasteiger partial charge in [-0.2, -0.15) is 4.98 Å². The molecule has 0 saturated carbocycles. The first kappa shape index (κ1) is 16.1. The Bertz CT molecular complexity index is 855. The molecule has 1 unspecified atom stereocenters. The quantitative estimate of drug-likeness (QED) is 0.772. The molecule has 2 aromatic carbocycles. The molecule has 1 aliphatic heterocycles. The standard InChI is InChI=1S/C20H22FN3O/c21-17-7-3-5-15(11-17)13-24-19-9-2-1-8-18(19)23-20(24)25-14-16-6-4-10-22-12-16/h1-3,5,7-9,11,16,22H,4,6,10,12-14H2. The van der Waals surface area contributed by atoms with Crippen LogP contribution in [0.3, 0.4) is 0 Å². The Morgan fingerprint density at radius 1 is 1.20 bits per heavy atom. The first-order chi connectivity index (χ1) is 12.3. The number of ether oxygens (including phenoxy) is 1. The molecule has 2 heterocycles. The van der Waals surface area contributed by atoms with Crippen LogP contribution in [0.2, 0.25) is 0 Å². The van der Waals surface area contributed by atoms with Gasteiger partial charge < -0.3 is 10.1 Å².